The average Bonchev–Trinajstić information content (AvgIpc) is 3.09. The van der Waals surface area contributed by atoms with E-state index in [9.17, 15) is 10.0 Å². The quantitative estimate of drug-likeness (QED) is 0.843. The highest BCUT2D eigenvalue weighted by molar-refractivity contribution is 6.25. The Balaban J connectivity index is 2.10. The first-order chi connectivity index (χ1) is 12.4. The minimum absolute atomic E-state index is 0.302. The molecule has 0 saturated heterocycles. The molecule has 0 amide bonds. The van der Waals surface area contributed by atoms with Crippen LogP contribution in [0.25, 0.3) is 0 Å². The van der Waals surface area contributed by atoms with E-state index in [1.165, 1.54) is 12.4 Å². The summed E-state index contributed by atoms with van der Waals surface area (Å²) in [5.41, 5.74) is 2.08. The molecule has 134 valence electrons. The molecule has 6 nitrogen and oxygen atoms in total. The molecule has 0 unspecified atom stereocenters. The van der Waals surface area contributed by atoms with Crippen molar-refractivity contribution in [1.82, 2.24) is 5.06 Å². The third-order valence-corrected chi connectivity index (χ3v) is 4.14. The van der Waals surface area contributed by atoms with Gasteiger partial charge in [-0.3, -0.25) is 10.0 Å². The number of rotatable bonds is 4. The number of ether oxygens (including phenoxy) is 1. The summed E-state index contributed by atoms with van der Waals surface area (Å²) in [5, 5.41) is 10.4. The lowest BCUT2D eigenvalue weighted by atomic mass is 9.92. The van der Waals surface area contributed by atoms with Crippen molar-refractivity contribution >= 4 is 17.5 Å². The lowest BCUT2D eigenvalue weighted by Crippen LogP contribution is -2.33. The number of benzene rings is 1. The largest absolute Gasteiger partial charge is 0.465 e. The Morgan fingerprint density at radius 1 is 1.15 bits per heavy atom. The summed E-state index contributed by atoms with van der Waals surface area (Å²) in [7, 11) is 0. The van der Waals surface area contributed by atoms with Crippen molar-refractivity contribution in [3.05, 3.63) is 71.7 Å². The van der Waals surface area contributed by atoms with E-state index in [0.717, 1.165) is 16.2 Å². The predicted octanol–water partition coefficient (Wildman–Crippen LogP) is 3.46. The van der Waals surface area contributed by atoms with Crippen molar-refractivity contribution in [3.63, 3.8) is 0 Å². The Morgan fingerprint density at radius 3 is 2.42 bits per heavy atom. The molecule has 2 aliphatic heterocycles. The number of esters is 1. The average molecular weight is 351 g/mol. The zero-order valence-electron chi connectivity index (χ0n) is 15.0. The molecule has 0 radical (unpaired) electrons. The van der Waals surface area contributed by atoms with E-state index >= 15 is 0 Å². The zero-order valence-corrected chi connectivity index (χ0v) is 15.0. The van der Waals surface area contributed by atoms with Gasteiger partial charge in [-0.25, -0.2) is 15.0 Å². The van der Waals surface area contributed by atoms with Crippen molar-refractivity contribution in [2.75, 3.05) is 6.61 Å². The summed E-state index contributed by atoms with van der Waals surface area (Å²) in [6, 6.07) is 9.68. The summed E-state index contributed by atoms with van der Waals surface area (Å²) in [5.74, 6) is 0.0444. The number of hydroxylamine groups is 2. The van der Waals surface area contributed by atoms with Gasteiger partial charge in [-0.1, -0.05) is 30.3 Å². The van der Waals surface area contributed by atoms with E-state index < -0.39 is 5.41 Å². The summed E-state index contributed by atoms with van der Waals surface area (Å²) >= 11 is 0. The molecule has 0 atom stereocenters. The number of allylic oxidation sites excluding steroid dienone is 4. The molecule has 1 aromatic rings. The van der Waals surface area contributed by atoms with E-state index in [-0.39, 0.29) is 5.97 Å². The maximum Gasteiger partial charge on any atom is 0.319 e. The number of aliphatic imine (C=N–C) groups is 2. The molecule has 2 aliphatic rings. The lowest BCUT2D eigenvalue weighted by Gasteiger charge is -2.20. The SMILES string of the molecule is CCOC(=O)C(C)(C)C1=NC(=C2C=CN(O)C=C2)C(c2ccccc2)=N1. The molecule has 2 heterocycles. The topological polar surface area (TPSA) is 74.5 Å². The fourth-order valence-electron chi connectivity index (χ4n) is 2.60. The van der Waals surface area contributed by atoms with E-state index in [1.54, 1.807) is 32.9 Å². The molecular weight excluding hydrogens is 330 g/mol. The Hall–Kier alpha value is -2.99. The molecule has 0 saturated carbocycles. The fraction of sp³-hybridized carbons (Fsp3) is 0.250. The van der Waals surface area contributed by atoms with Crippen molar-refractivity contribution in [3.8, 4) is 0 Å². The number of amidine groups is 1. The minimum Gasteiger partial charge on any atom is -0.465 e. The van der Waals surface area contributed by atoms with Crippen LogP contribution in [0.5, 0.6) is 0 Å². The van der Waals surface area contributed by atoms with Gasteiger partial charge in [-0.15, -0.1) is 0 Å². The monoisotopic (exact) mass is 351 g/mol. The number of nitrogens with zero attached hydrogens (tertiary/aromatic N) is 3. The van der Waals surface area contributed by atoms with E-state index in [2.05, 4.69) is 9.98 Å². The molecule has 3 rings (SSSR count). The maximum atomic E-state index is 12.4. The van der Waals surface area contributed by atoms with Crippen LogP contribution in [0.2, 0.25) is 0 Å². The van der Waals surface area contributed by atoms with Crippen LogP contribution in [0.1, 0.15) is 26.3 Å². The van der Waals surface area contributed by atoms with Gasteiger partial charge >= 0.3 is 5.97 Å². The van der Waals surface area contributed by atoms with E-state index in [0.29, 0.717) is 23.9 Å². The lowest BCUT2D eigenvalue weighted by molar-refractivity contribution is -0.149. The van der Waals surface area contributed by atoms with Crippen LogP contribution in [0.3, 0.4) is 0 Å². The van der Waals surface area contributed by atoms with Crippen LogP contribution < -0.4 is 0 Å². The number of carbonyl (C=O) groups is 1. The first kappa shape index (κ1) is 17.8. The standard InChI is InChI=1S/C20H21N3O3/c1-4-26-19(24)20(2,3)18-21-16(14-8-6-5-7-9-14)17(22-18)15-10-12-23(25)13-11-15/h5-13,25H,4H2,1-3H3. The number of hydrogen-bond acceptors (Lipinski definition) is 6. The second kappa shape index (κ2) is 7.09. The third kappa shape index (κ3) is 3.36. The molecule has 0 aliphatic carbocycles. The van der Waals surface area contributed by atoms with Gasteiger partial charge in [0.05, 0.1) is 18.0 Å². The normalized spacial score (nSPS) is 16.7. The minimum atomic E-state index is -0.969. The molecule has 1 N–H and O–H groups in total. The second-order valence-electron chi connectivity index (χ2n) is 6.42. The van der Waals surface area contributed by atoms with Crippen LogP contribution in [-0.2, 0) is 9.53 Å². The Bertz CT molecular complexity index is 846. The molecule has 0 fully saturated rings. The van der Waals surface area contributed by atoms with Crippen LogP contribution in [0.15, 0.2) is 76.1 Å². The van der Waals surface area contributed by atoms with E-state index in [4.69, 9.17) is 4.74 Å². The summed E-state index contributed by atoms with van der Waals surface area (Å²) < 4.78 is 5.18. The molecule has 6 heteroatoms. The first-order valence-electron chi connectivity index (χ1n) is 8.42. The third-order valence-electron chi connectivity index (χ3n) is 4.14. The number of carbonyl (C=O) groups excluding carboxylic acids is 1. The van der Waals surface area contributed by atoms with Gasteiger partial charge in [0.25, 0.3) is 0 Å². The van der Waals surface area contributed by atoms with E-state index in [1.807, 2.05) is 30.3 Å². The van der Waals surface area contributed by atoms with Crippen molar-refractivity contribution in [2.24, 2.45) is 15.4 Å². The van der Waals surface area contributed by atoms with Crippen LogP contribution in [-0.4, -0.2) is 34.4 Å². The highest BCUT2D eigenvalue weighted by atomic mass is 16.5. The molecule has 0 spiro atoms. The molecule has 0 bridgehead atoms. The van der Waals surface area contributed by atoms with Crippen LogP contribution in [0.4, 0.5) is 0 Å². The first-order valence-corrected chi connectivity index (χ1v) is 8.42. The zero-order chi connectivity index (χ0) is 18.7. The summed E-state index contributed by atoms with van der Waals surface area (Å²) in [4.78, 5) is 21.7. The molecule has 0 aromatic heterocycles. The highest BCUT2D eigenvalue weighted by Gasteiger charge is 2.39. The summed E-state index contributed by atoms with van der Waals surface area (Å²) in [6.07, 6.45) is 6.54. The number of hydrogen-bond donors (Lipinski definition) is 1. The molecular formula is C20H21N3O3. The van der Waals surface area contributed by atoms with Crippen LogP contribution in [0, 0.1) is 5.41 Å². The van der Waals surface area contributed by atoms with Crippen LogP contribution >= 0.6 is 0 Å². The molecule has 1 aromatic carbocycles. The maximum absolute atomic E-state index is 12.4. The van der Waals surface area contributed by atoms with Crippen molar-refractivity contribution in [2.45, 2.75) is 20.8 Å². The fourth-order valence-corrected chi connectivity index (χ4v) is 2.60. The molecule has 26 heavy (non-hydrogen) atoms. The van der Waals surface area contributed by atoms with Gasteiger partial charge < -0.3 is 4.74 Å². The van der Waals surface area contributed by atoms with Crippen molar-refractivity contribution < 1.29 is 14.7 Å². The van der Waals surface area contributed by atoms with Gasteiger partial charge in [0.15, 0.2) is 0 Å². The van der Waals surface area contributed by atoms with Gasteiger partial charge in [-0.05, 0) is 32.9 Å². The van der Waals surface area contributed by atoms with Gasteiger partial charge in [0, 0.05) is 23.5 Å². The Kier molecular flexibility index (Phi) is 4.86. The van der Waals surface area contributed by atoms with Gasteiger partial charge in [-0.2, -0.15) is 0 Å². The predicted molar refractivity (Wildman–Crippen MR) is 99.8 cm³/mol. The Labute approximate surface area is 152 Å². The highest BCUT2D eigenvalue weighted by Crippen LogP contribution is 2.31. The van der Waals surface area contributed by atoms with Gasteiger partial charge in [0.1, 0.15) is 11.3 Å². The smallest absolute Gasteiger partial charge is 0.319 e. The summed E-state index contributed by atoms with van der Waals surface area (Å²) in [6.45, 7) is 5.59. The van der Waals surface area contributed by atoms with Crippen molar-refractivity contribution in [1.29, 1.82) is 0 Å². The second-order valence-corrected chi connectivity index (χ2v) is 6.42. The Morgan fingerprint density at radius 2 is 1.81 bits per heavy atom. The van der Waals surface area contributed by atoms with Gasteiger partial charge in [0.2, 0.25) is 0 Å².